The molecule has 0 aromatic carbocycles. The molecule has 0 bridgehead atoms. The zero-order valence-electron chi connectivity index (χ0n) is 6.92. The fraction of sp³-hybridized carbons (Fsp3) is 0.143. The first-order chi connectivity index (χ1) is 6.83. The second-order valence-corrected chi connectivity index (χ2v) is 2.38. The number of aromatic nitrogens is 1. The summed E-state index contributed by atoms with van der Waals surface area (Å²) in [4.78, 5) is 12.5. The third kappa shape index (κ3) is 2.63. The molecular weight excluding hydrogens is 217 g/mol. The molecule has 8 heteroatoms. The molecule has 80 valence electrons. The van der Waals surface area contributed by atoms with Crippen LogP contribution in [0.25, 0.3) is 0 Å². The van der Waals surface area contributed by atoms with Crippen LogP contribution in [0.15, 0.2) is 10.9 Å². The number of rotatable bonds is 1. The lowest BCUT2D eigenvalue weighted by atomic mass is 10.3. The summed E-state index contributed by atoms with van der Waals surface area (Å²) in [5, 5.41) is 17.3. The lowest BCUT2D eigenvalue weighted by Crippen LogP contribution is -2.20. The smallest absolute Gasteiger partial charge is 0.506 e. The summed E-state index contributed by atoms with van der Waals surface area (Å²) in [5.74, 6) is -1.86. The molecule has 5 nitrogen and oxygen atoms in total. The van der Waals surface area contributed by atoms with Gasteiger partial charge in [-0.05, 0) is 0 Å². The molecule has 1 rings (SSSR count). The van der Waals surface area contributed by atoms with Crippen molar-refractivity contribution in [1.82, 2.24) is 4.98 Å². The van der Waals surface area contributed by atoms with E-state index < -0.39 is 29.1 Å². The van der Waals surface area contributed by atoms with Gasteiger partial charge in [-0.1, -0.05) is 0 Å². The van der Waals surface area contributed by atoms with Crippen molar-refractivity contribution in [2.75, 3.05) is 0 Å². The predicted octanol–water partition coefficient (Wildman–Crippen LogP) is 0.851. The molecule has 1 aromatic heterocycles. The van der Waals surface area contributed by atoms with Crippen molar-refractivity contribution in [3.8, 4) is 17.7 Å². The van der Waals surface area contributed by atoms with Gasteiger partial charge in [0.1, 0.15) is 11.8 Å². The average molecular weight is 220 g/mol. The van der Waals surface area contributed by atoms with Crippen LogP contribution in [0, 0.1) is 11.3 Å². The van der Waals surface area contributed by atoms with Crippen LogP contribution in [-0.2, 0) is 0 Å². The van der Waals surface area contributed by atoms with Crippen molar-refractivity contribution in [2.24, 2.45) is 0 Å². The minimum Gasteiger partial charge on any atom is -0.506 e. The number of hydrogen-bond donors (Lipinski definition) is 2. The first-order valence-electron chi connectivity index (χ1n) is 3.45. The number of alkyl halides is 3. The highest BCUT2D eigenvalue weighted by atomic mass is 19.4. The maximum absolute atomic E-state index is 11.7. The Morgan fingerprint density at radius 2 is 2.13 bits per heavy atom. The fourth-order valence-corrected chi connectivity index (χ4v) is 0.811. The van der Waals surface area contributed by atoms with Gasteiger partial charge in [0, 0.05) is 6.07 Å². The van der Waals surface area contributed by atoms with Gasteiger partial charge in [-0.25, -0.2) is 0 Å². The fourth-order valence-electron chi connectivity index (χ4n) is 0.811. The Hall–Kier alpha value is -2.17. The highest BCUT2D eigenvalue weighted by Gasteiger charge is 2.32. The SMILES string of the molecule is N#Cc1c(O)cc(OC(F)(F)F)[nH]c1=O. The number of halogens is 3. The summed E-state index contributed by atoms with van der Waals surface area (Å²) in [7, 11) is 0. The second-order valence-electron chi connectivity index (χ2n) is 2.38. The number of nitriles is 1. The molecule has 0 saturated carbocycles. The quantitative estimate of drug-likeness (QED) is 0.734. The Morgan fingerprint density at radius 3 is 2.53 bits per heavy atom. The van der Waals surface area contributed by atoms with Crippen molar-refractivity contribution in [1.29, 1.82) is 5.26 Å². The highest BCUT2D eigenvalue weighted by molar-refractivity contribution is 5.42. The molecule has 0 aliphatic carbocycles. The zero-order chi connectivity index (χ0) is 11.6. The van der Waals surface area contributed by atoms with E-state index in [2.05, 4.69) is 4.74 Å². The van der Waals surface area contributed by atoms with Crippen molar-refractivity contribution in [3.63, 3.8) is 0 Å². The Morgan fingerprint density at radius 1 is 1.53 bits per heavy atom. The minimum atomic E-state index is -4.98. The Balaban J connectivity index is 3.17. The molecule has 2 N–H and O–H groups in total. The molecule has 0 amide bonds. The molecule has 0 atom stereocenters. The third-order valence-corrected chi connectivity index (χ3v) is 1.33. The molecular formula is C7H3F3N2O3. The largest absolute Gasteiger partial charge is 0.574 e. The topological polar surface area (TPSA) is 86.1 Å². The number of ether oxygens (including phenoxy) is 1. The van der Waals surface area contributed by atoms with E-state index in [4.69, 9.17) is 10.4 Å². The Kier molecular flexibility index (Phi) is 2.57. The number of aromatic hydroxyl groups is 1. The van der Waals surface area contributed by atoms with E-state index in [-0.39, 0.29) is 0 Å². The average Bonchev–Trinajstić information content (AvgIpc) is 1.99. The van der Waals surface area contributed by atoms with Gasteiger partial charge in [-0.15, -0.1) is 13.2 Å². The molecule has 0 aliphatic rings. The van der Waals surface area contributed by atoms with Crippen LogP contribution in [0.3, 0.4) is 0 Å². The van der Waals surface area contributed by atoms with Gasteiger partial charge < -0.3 is 9.84 Å². The summed E-state index contributed by atoms with van der Waals surface area (Å²) in [6, 6.07) is 1.82. The lowest BCUT2D eigenvalue weighted by Gasteiger charge is -2.08. The molecule has 1 aromatic rings. The van der Waals surface area contributed by atoms with E-state index in [1.54, 1.807) is 4.98 Å². The van der Waals surface area contributed by atoms with Crippen molar-refractivity contribution in [2.45, 2.75) is 6.36 Å². The molecule has 0 spiro atoms. The standard InChI is InChI=1S/C7H3F3N2O3/c8-7(9,10)15-5-1-4(13)3(2-11)6(14)12-5/h1H,(H2,12,13,14). The summed E-state index contributed by atoms with van der Waals surface area (Å²) in [6.07, 6.45) is -4.98. The number of H-pyrrole nitrogens is 1. The first kappa shape index (κ1) is 10.9. The Bertz CT molecular complexity index is 472. The number of nitrogens with one attached hydrogen (secondary N) is 1. The summed E-state index contributed by atoms with van der Waals surface area (Å²) < 4.78 is 38.4. The van der Waals surface area contributed by atoms with Gasteiger partial charge in [0.2, 0.25) is 5.88 Å². The van der Waals surface area contributed by atoms with Crippen molar-refractivity contribution in [3.05, 3.63) is 22.0 Å². The number of pyridine rings is 1. The van der Waals surface area contributed by atoms with Crippen LogP contribution in [0.1, 0.15) is 5.56 Å². The van der Waals surface area contributed by atoms with Gasteiger partial charge >= 0.3 is 6.36 Å². The first-order valence-corrected chi connectivity index (χ1v) is 3.45. The van der Waals surface area contributed by atoms with Gasteiger partial charge in [-0.2, -0.15) is 5.26 Å². The number of nitrogens with zero attached hydrogens (tertiary/aromatic N) is 1. The highest BCUT2D eigenvalue weighted by Crippen LogP contribution is 2.23. The minimum absolute atomic E-state index is 0.493. The van der Waals surface area contributed by atoms with Gasteiger partial charge in [0.25, 0.3) is 5.56 Å². The maximum atomic E-state index is 11.7. The van der Waals surface area contributed by atoms with Crippen LogP contribution in [-0.4, -0.2) is 16.5 Å². The van der Waals surface area contributed by atoms with Gasteiger partial charge in [0.05, 0.1) is 0 Å². The van der Waals surface area contributed by atoms with E-state index in [1.165, 1.54) is 6.07 Å². The molecule has 0 saturated heterocycles. The van der Waals surface area contributed by atoms with Crippen LogP contribution < -0.4 is 10.3 Å². The van der Waals surface area contributed by atoms with Crippen LogP contribution in [0.5, 0.6) is 11.6 Å². The lowest BCUT2D eigenvalue weighted by molar-refractivity contribution is -0.276. The van der Waals surface area contributed by atoms with E-state index >= 15 is 0 Å². The van der Waals surface area contributed by atoms with Crippen LogP contribution >= 0.6 is 0 Å². The van der Waals surface area contributed by atoms with E-state index in [1.807, 2.05) is 0 Å². The molecule has 0 aliphatic heterocycles. The van der Waals surface area contributed by atoms with E-state index in [0.717, 1.165) is 0 Å². The van der Waals surface area contributed by atoms with Crippen molar-refractivity contribution < 1.29 is 23.0 Å². The predicted molar refractivity (Wildman–Crippen MR) is 40.1 cm³/mol. The normalized spacial score (nSPS) is 10.8. The molecule has 1 heterocycles. The third-order valence-electron chi connectivity index (χ3n) is 1.33. The van der Waals surface area contributed by atoms with Crippen LogP contribution in [0.4, 0.5) is 13.2 Å². The number of aromatic amines is 1. The monoisotopic (exact) mass is 220 g/mol. The second kappa shape index (κ2) is 3.53. The zero-order valence-corrected chi connectivity index (χ0v) is 6.92. The Labute approximate surface area is 80.3 Å². The maximum Gasteiger partial charge on any atom is 0.574 e. The van der Waals surface area contributed by atoms with E-state index in [0.29, 0.717) is 6.07 Å². The summed E-state index contributed by atoms with van der Waals surface area (Å²) in [5.41, 5.74) is -1.83. The van der Waals surface area contributed by atoms with Crippen molar-refractivity contribution >= 4 is 0 Å². The van der Waals surface area contributed by atoms with E-state index in [9.17, 15) is 18.0 Å². The molecule has 0 radical (unpaired) electrons. The van der Waals surface area contributed by atoms with Gasteiger partial charge in [0.15, 0.2) is 5.56 Å². The van der Waals surface area contributed by atoms with Crippen LogP contribution in [0.2, 0.25) is 0 Å². The number of hydrogen-bond acceptors (Lipinski definition) is 4. The van der Waals surface area contributed by atoms with Gasteiger partial charge in [-0.3, -0.25) is 9.78 Å². The summed E-state index contributed by atoms with van der Waals surface area (Å²) in [6.45, 7) is 0. The molecule has 15 heavy (non-hydrogen) atoms. The molecule has 0 unspecified atom stereocenters. The summed E-state index contributed by atoms with van der Waals surface area (Å²) >= 11 is 0. The molecule has 0 fully saturated rings.